The van der Waals surface area contributed by atoms with Crippen LogP contribution in [0.25, 0.3) is 0 Å². The van der Waals surface area contributed by atoms with E-state index in [4.69, 9.17) is 14.2 Å². The Hall–Kier alpha value is -3.56. The van der Waals surface area contributed by atoms with Crippen LogP contribution in [-0.4, -0.2) is 77.9 Å². The van der Waals surface area contributed by atoms with Crippen molar-refractivity contribution < 1.29 is 33.0 Å². The molecule has 2 fully saturated rings. The van der Waals surface area contributed by atoms with E-state index in [1.165, 1.54) is 24.3 Å². The zero-order valence-corrected chi connectivity index (χ0v) is 22.3. The van der Waals surface area contributed by atoms with Crippen LogP contribution in [0.5, 0.6) is 5.75 Å². The molecular formula is C28H36FN3O6. The van der Waals surface area contributed by atoms with Gasteiger partial charge in [-0.2, -0.15) is 0 Å². The molecule has 1 aromatic carbocycles. The van der Waals surface area contributed by atoms with Gasteiger partial charge < -0.3 is 24.4 Å². The Morgan fingerprint density at radius 2 is 1.79 bits per heavy atom. The van der Waals surface area contributed by atoms with E-state index in [-0.39, 0.29) is 43.5 Å². The van der Waals surface area contributed by atoms with Crippen LogP contribution >= 0.6 is 0 Å². The van der Waals surface area contributed by atoms with Crippen LogP contribution in [0.4, 0.5) is 14.0 Å². The van der Waals surface area contributed by atoms with Crippen LogP contribution in [0.1, 0.15) is 34.1 Å². The fourth-order valence-electron chi connectivity index (χ4n) is 5.11. The molecule has 1 aliphatic carbocycles. The Morgan fingerprint density at radius 3 is 2.47 bits per heavy atom. The molecule has 0 saturated carbocycles. The number of carbonyl (C=O) groups excluding carboxylic acids is 3. The van der Waals surface area contributed by atoms with Crippen LogP contribution < -0.4 is 10.1 Å². The van der Waals surface area contributed by atoms with Crippen molar-refractivity contribution in [2.45, 2.75) is 57.9 Å². The number of alkyl carbamates (subject to hydrolysis) is 1. The topological polar surface area (TPSA) is 97.4 Å². The monoisotopic (exact) mass is 529 g/mol. The van der Waals surface area contributed by atoms with Crippen LogP contribution in [0, 0.1) is 17.7 Å². The van der Waals surface area contributed by atoms with Crippen molar-refractivity contribution in [3.63, 3.8) is 0 Å². The van der Waals surface area contributed by atoms with E-state index >= 15 is 0 Å². The molecule has 9 nitrogen and oxygen atoms in total. The van der Waals surface area contributed by atoms with Crippen LogP contribution in [0.15, 0.2) is 48.6 Å². The molecule has 1 aromatic rings. The molecule has 10 heteroatoms. The number of rotatable bonds is 6. The fourth-order valence-corrected chi connectivity index (χ4v) is 5.11. The highest BCUT2D eigenvalue weighted by molar-refractivity contribution is 5.83. The maximum atomic E-state index is 13.4. The van der Waals surface area contributed by atoms with Gasteiger partial charge in [0, 0.05) is 12.5 Å². The molecule has 3 aliphatic rings. The van der Waals surface area contributed by atoms with E-state index in [1.54, 1.807) is 30.6 Å². The van der Waals surface area contributed by atoms with Crippen molar-refractivity contribution in [1.82, 2.24) is 15.1 Å². The second-order valence-corrected chi connectivity index (χ2v) is 10.9. The molecule has 0 radical (unpaired) electrons. The van der Waals surface area contributed by atoms with Crippen molar-refractivity contribution in [2.75, 3.05) is 26.2 Å². The van der Waals surface area contributed by atoms with Crippen LogP contribution in [0.2, 0.25) is 0 Å². The lowest BCUT2D eigenvalue weighted by Crippen LogP contribution is -2.47. The molecule has 2 unspecified atom stereocenters. The van der Waals surface area contributed by atoms with Crippen molar-refractivity contribution in [3.8, 4) is 5.75 Å². The molecule has 2 aliphatic heterocycles. The molecule has 0 aromatic heterocycles. The molecule has 38 heavy (non-hydrogen) atoms. The molecule has 5 atom stereocenters. The lowest BCUT2D eigenvalue weighted by molar-refractivity contribution is -0.131. The van der Waals surface area contributed by atoms with Crippen molar-refractivity contribution in [3.05, 3.63) is 54.4 Å². The smallest absolute Gasteiger partial charge is 0.410 e. The Balaban J connectivity index is 1.45. The molecule has 0 bridgehead atoms. The van der Waals surface area contributed by atoms with Crippen LogP contribution in [-0.2, 0) is 14.3 Å². The lowest BCUT2D eigenvalue weighted by atomic mass is 9.91. The summed E-state index contributed by atoms with van der Waals surface area (Å²) in [7, 11) is 0. The standard InChI is InChI=1S/C28H36FN3O6/c1-18-7-5-6-8-19(18)17-36-27(35)31-14-13-22-25(31)23(37-21-11-9-20(29)10-12-21)16-32(22)24(33)15-30-26(34)38-28(2,3)4/h5-12,18-19,22-23,25H,13-17H2,1-4H3,(H,30,34)/t18?,19?,22-,23+,25+/m1/s1. The molecule has 0 spiro atoms. The van der Waals surface area contributed by atoms with Gasteiger partial charge in [0.1, 0.15) is 36.4 Å². The van der Waals surface area contributed by atoms with Crippen molar-refractivity contribution in [1.29, 1.82) is 0 Å². The number of allylic oxidation sites excluding steroid dienone is 3. The van der Waals surface area contributed by atoms with Gasteiger partial charge in [0.25, 0.3) is 0 Å². The number of halogens is 1. The Morgan fingerprint density at radius 1 is 1.08 bits per heavy atom. The van der Waals surface area contributed by atoms with Gasteiger partial charge in [0.05, 0.1) is 18.6 Å². The van der Waals surface area contributed by atoms with Gasteiger partial charge in [0.15, 0.2) is 0 Å². The third kappa shape index (κ3) is 6.65. The number of carbonyl (C=O) groups is 3. The fraction of sp³-hybridized carbons (Fsp3) is 0.536. The number of hydrogen-bond donors (Lipinski definition) is 1. The zero-order valence-electron chi connectivity index (χ0n) is 22.3. The van der Waals surface area contributed by atoms with E-state index in [2.05, 4.69) is 18.3 Å². The SMILES string of the molecule is CC1C=CC=CC1COC(=O)N1CC[C@@H]2[C@H]1[C@@H](Oc1ccc(F)cc1)CN2C(=O)CNC(=O)OC(C)(C)C. The predicted octanol–water partition coefficient (Wildman–Crippen LogP) is 3.90. The highest BCUT2D eigenvalue weighted by Gasteiger charge is 2.53. The summed E-state index contributed by atoms with van der Waals surface area (Å²) in [6, 6.07) is 4.86. The first kappa shape index (κ1) is 27.5. The third-order valence-corrected chi connectivity index (χ3v) is 6.98. The van der Waals surface area contributed by atoms with Gasteiger partial charge in [-0.1, -0.05) is 31.2 Å². The average molecular weight is 530 g/mol. The summed E-state index contributed by atoms with van der Waals surface area (Å²) in [6.07, 6.45) is 6.88. The van der Waals surface area contributed by atoms with Gasteiger partial charge >= 0.3 is 12.2 Å². The Kier molecular flexibility index (Phi) is 8.28. The molecule has 2 saturated heterocycles. The number of likely N-dealkylation sites (tertiary alicyclic amines) is 2. The largest absolute Gasteiger partial charge is 0.486 e. The zero-order chi connectivity index (χ0) is 27.4. The first-order valence-corrected chi connectivity index (χ1v) is 13.0. The van der Waals surface area contributed by atoms with E-state index in [0.29, 0.717) is 18.7 Å². The summed E-state index contributed by atoms with van der Waals surface area (Å²) in [5.74, 6) is 0.0854. The number of hydrogen-bond acceptors (Lipinski definition) is 6. The van der Waals surface area contributed by atoms with E-state index < -0.39 is 35.8 Å². The van der Waals surface area contributed by atoms with Gasteiger partial charge in [-0.05, 0) is 57.4 Å². The van der Waals surface area contributed by atoms with Crippen LogP contribution in [0.3, 0.4) is 0 Å². The summed E-state index contributed by atoms with van der Waals surface area (Å²) < 4.78 is 30.5. The normalized spacial score (nSPS) is 26.2. The van der Waals surface area contributed by atoms with E-state index in [9.17, 15) is 18.8 Å². The number of amides is 3. The van der Waals surface area contributed by atoms with Gasteiger partial charge in [-0.25, -0.2) is 14.0 Å². The highest BCUT2D eigenvalue weighted by Crippen LogP contribution is 2.35. The lowest BCUT2D eigenvalue weighted by Gasteiger charge is -2.29. The minimum absolute atomic E-state index is 0.0918. The predicted molar refractivity (Wildman–Crippen MR) is 138 cm³/mol. The molecule has 4 rings (SSSR count). The van der Waals surface area contributed by atoms with Crippen molar-refractivity contribution in [2.24, 2.45) is 11.8 Å². The third-order valence-electron chi connectivity index (χ3n) is 6.98. The Labute approximate surface area is 222 Å². The maximum absolute atomic E-state index is 13.4. The molecular weight excluding hydrogens is 493 g/mol. The number of nitrogens with one attached hydrogen (secondary N) is 1. The highest BCUT2D eigenvalue weighted by atomic mass is 19.1. The number of ether oxygens (including phenoxy) is 3. The summed E-state index contributed by atoms with van der Waals surface area (Å²) in [4.78, 5) is 41.7. The van der Waals surface area contributed by atoms with Gasteiger partial charge in [0.2, 0.25) is 5.91 Å². The first-order valence-electron chi connectivity index (χ1n) is 13.0. The quantitative estimate of drug-likeness (QED) is 0.601. The van der Waals surface area contributed by atoms with Gasteiger partial charge in [-0.3, -0.25) is 9.69 Å². The number of benzene rings is 1. The minimum Gasteiger partial charge on any atom is -0.486 e. The second-order valence-electron chi connectivity index (χ2n) is 10.9. The summed E-state index contributed by atoms with van der Waals surface area (Å²) >= 11 is 0. The second kappa shape index (κ2) is 11.4. The summed E-state index contributed by atoms with van der Waals surface area (Å²) in [5, 5.41) is 2.51. The van der Waals surface area contributed by atoms with E-state index in [1.807, 2.05) is 18.2 Å². The molecule has 206 valence electrons. The first-order chi connectivity index (χ1) is 18.0. The van der Waals surface area contributed by atoms with E-state index in [0.717, 1.165) is 0 Å². The number of nitrogens with zero attached hydrogens (tertiary/aromatic N) is 2. The minimum atomic E-state index is -0.687. The molecule has 2 heterocycles. The summed E-state index contributed by atoms with van der Waals surface area (Å²) in [5.41, 5.74) is -0.687. The maximum Gasteiger partial charge on any atom is 0.410 e. The average Bonchev–Trinajstić information content (AvgIpc) is 3.44. The summed E-state index contributed by atoms with van der Waals surface area (Å²) in [6.45, 7) is 7.91. The Bertz CT molecular complexity index is 1080. The van der Waals surface area contributed by atoms with Gasteiger partial charge in [-0.15, -0.1) is 0 Å². The molecule has 1 N–H and O–H groups in total. The number of fused-ring (bicyclic) bond motifs is 1. The molecule has 3 amide bonds. The van der Waals surface area contributed by atoms with Crippen molar-refractivity contribution >= 4 is 18.1 Å².